The van der Waals surface area contributed by atoms with Crippen LogP contribution in [0.2, 0.25) is 0 Å². The maximum Gasteiger partial charge on any atom is 0.416 e. The number of carbonyl (C=O) groups is 1. The summed E-state index contributed by atoms with van der Waals surface area (Å²) < 4.78 is 43.9. The van der Waals surface area contributed by atoms with Crippen LogP contribution in [0.15, 0.2) is 18.2 Å². The van der Waals surface area contributed by atoms with Crippen LogP contribution < -0.4 is 0 Å². The molecule has 0 saturated heterocycles. The Morgan fingerprint density at radius 1 is 1.27 bits per heavy atom. The number of ether oxygens (including phenoxy) is 1. The first-order valence-corrected chi connectivity index (χ1v) is 7.95. The van der Waals surface area contributed by atoms with Crippen LogP contribution in [0.25, 0.3) is 10.1 Å². The number of thiophene rings is 1. The fourth-order valence-corrected chi connectivity index (χ4v) is 3.75. The van der Waals surface area contributed by atoms with E-state index in [9.17, 15) is 18.0 Å². The van der Waals surface area contributed by atoms with Gasteiger partial charge in [0.25, 0.3) is 0 Å². The third-order valence-electron chi connectivity index (χ3n) is 3.42. The molecule has 2 nitrogen and oxygen atoms in total. The van der Waals surface area contributed by atoms with Crippen LogP contribution in [-0.4, -0.2) is 12.6 Å². The zero-order valence-corrected chi connectivity index (χ0v) is 13.2. The van der Waals surface area contributed by atoms with Crippen LogP contribution in [-0.2, 0) is 28.5 Å². The molecule has 0 aliphatic rings. The molecule has 0 atom stereocenters. The zero-order valence-electron chi connectivity index (χ0n) is 12.4. The lowest BCUT2D eigenvalue weighted by Crippen LogP contribution is -2.05. The van der Waals surface area contributed by atoms with Gasteiger partial charge in [0.05, 0.1) is 18.6 Å². The van der Waals surface area contributed by atoms with E-state index in [-0.39, 0.29) is 12.4 Å². The number of benzene rings is 1. The Kier molecular flexibility index (Phi) is 5.11. The van der Waals surface area contributed by atoms with Crippen molar-refractivity contribution >= 4 is 27.4 Å². The molecule has 1 heterocycles. The molecule has 0 aliphatic carbocycles. The van der Waals surface area contributed by atoms with Crippen LogP contribution in [0.4, 0.5) is 13.2 Å². The molecule has 120 valence electrons. The average molecular weight is 330 g/mol. The molecule has 22 heavy (non-hydrogen) atoms. The van der Waals surface area contributed by atoms with Gasteiger partial charge in [0.1, 0.15) is 0 Å². The number of halogens is 3. The fraction of sp³-hybridized carbons (Fsp3) is 0.438. The number of esters is 1. The van der Waals surface area contributed by atoms with Gasteiger partial charge in [-0.25, -0.2) is 0 Å². The number of alkyl halides is 3. The summed E-state index contributed by atoms with van der Waals surface area (Å²) in [5, 5.41) is 0.847. The summed E-state index contributed by atoms with van der Waals surface area (Å²) in [6, 6.07) is 3.83. The Hall–Kier alpha value is -1.56. The molecule has 2 rings (SSSR count). The number of fused-ring (bicyclic) bond motifs is 1. The van der Waals surface area contributed by atoms with Gasteiger partial charge in [-0.05, 0) is 42.8 Å². The molecule has 0 aliphatic heterocycles. The van der Waals surface area contributed by atoms with Crippen molar-refractivity contribution in [3.63, 3.8) is 0 Å². The minimum atomic E-state index is -4.34. The van der Waals surface area contributed by atoms with Gasteiger partial charge < -0.3 is 4.74 Å². The van der Waals surface area contributed by atoms with E-state index < -0.39 is 11.7 Å². The predicted molar refractivity (Wildman–Crippen MR) is 81.2 cm³/mol. The van der Waals surface area contributed by atoms with E-state index in [1.807, 2.05) is 6.92 Å². The Morgan fingerprint density at radius 3 is 2.59 bits per heavy atom. The molecule has 1 aromatic carbocycles. The largest absolute Gasteiger partial charge is 0.466 e. The summed E-state index contributed by atoms with van der Waals surface area (Å²) in [4.78, 5) is 12.4. The molecule has 2 aromatic rings. The van der Waals surface area contributed by atoms with Gasteiger partial charge in [-0.3, -0.25) is 4.79 Å². The Morgan fingerprint density at radius 2 is 2.00 bits per heavy atom. The maximum absolute atomic E-state index is 12.8. The van der Waals surface area contributed by atoms with Crippen LogP contribution >= 0.6 is 11.3 Å². The molecule has 0 spiro atoms. The average Bonchev–Trinajstić information content (AvgIpc) is 2.81. The monoisotopic (exact) mass is 330 g/mol. The minimum Gasteiger partial charge on any atom is -0.466 e. The molecule has 0 amide bonds. The second kappa shape index (κ2) is 6.69. The van der Waals surface area contributed by atoms with E-state index in [4.69, 9.17) is 4.74 Å². The van der Waals surface area contributed by atoms with Crippen molar-refractivity contribution in [1.29, 1.82) is 0 Å². The third kappa shape index (κ3) is 3.61. The van der Waals surface area contributed by atoms with Gasteiger partial charge in [0.2, 0.25) is 0 Å². The molecule has 6 heteroatoms. The van der Waals surface area contributed by atoms with Gasteiger partial charge in [0.15, 0.2) is 0 Å². The standard InChI is InChI=1S/C16H17F3O2S/c1-3-11-12-6-5-10(16(17,18)19)9-14(12)22-13(11)7-8-15(20)21-4-2/h5-6,9H,3-4,7-8H2,1-2H3. The minimum absolute atomic E-state index is 0.250. The van der Waals surface area contributed by atoms with E-state index >= 15 is 0 Å². The van der Waals surface area contributed by atoms with Gasteiger partial charge in [-0.1, -0.05) is 13.0 Å². The van der Waals surface area contributed by atoms with Gasteiger partial charge in [-0.15, -0.1) is 11.3 Å². The predicted octanol–water partition coefficient (Wildman–Crippen LogP) is 4.98. The number of carbonyl (C=O) groups excluding carboxylic acids is 1. The Bertz CT molecular complexity index is 674. The number of hydrogen-bond acceptors (Lipinski definition) is 3. The van der Waals surface area contributed by atoms with Gasteiger partial charge in [0, 0.05) is 9.58 Å². The summed E-state index contributed by atoms with van der Waals surface area (Å²) in [6.45, 7) is 4.04. The highest BCUT2D eigenvalue weighted by Gasteiger charge is 2.31. The first-order chi connectivity index (χ1) is 10.4. The molecular formula is C16H17F3O2S. The van der Waals surface area contributed by atoms with E-state index in [2.05, 4.69) is 0 Å². The Labute approximate surface area is 130 Å². The van der Waals surface area contributed by atoms with Gasteiger partial charge >= 0.3 is 12.1 Å². The van der Waals surface area contributed by atoms with E-state index in [0.29, 0.717) is 17.7 Å². The zero-order chi connectivity index (χ0) is 16.3. The summed E-state index contributed by atoms with van der Waals surface area (Å²) in [5.41, 5.74) is 0.388. The second-order valence-electron chi connectivity index (χ2n) is 4.87. The van der Waals surface area contributed by atoms with Crippen molar-refractivity contribution in [3.05, 3.63) is 34.2 Å². The quantitative estimate of drug-likeness (QED) is 0.723. The first kappa shape index (κ1) is 16.8. The smallest absolute Gasteiger partial charge is 0.416 e. The normalized spacial score (nSPS) is 11.9. The number of rotatable bonds is 5. The van der Waals surface area contributed by atoms with E-state index in [0.717, 1.165) is 28.3 Å². The van der Waals surface area contributed by atoms with Crippen LogP contribution in [0, 0.1) is 0 Å². The first-order valence-electron chi connectivity index (χ1n) is 7.14. The molecule has 0 radical (unpaired) electrons. The lowest BCUT2D eigenvalue weighted by Gasteiger charge is -2.06. The fourth-order valence-electron chi connectivity index (χ4n) is 2.42. The van der Waals surface area contributed by atoms with Crippen molar-refractivity contribution in [3.8, 4) is 0 Å². The summed E-state index contributed by atoms with van der Waals surface area (Å²) in [7, 11) is 0. The number of hydrogen-bond donors (Lipinski definition) is 0. The van der Waals surface area contributed by atoms with E-state index in [1.165, 1.54) is 23.5 Å². The van der Waals surface area contributed by atoms with Gasteiger partial charge in [-0.2, -0.15) is 13.2 Å². The lowest BCUT2D eigenvalue weighted by atomic mass is 10.0. The number of aryl methyl sites for hydroxylation is 2. The SMILES string of the molecule is CCOC(=O)CCc1sc2cc(C(F)(F)F)ccc2c1CC. The topological polar surface area (TPSA) is 26.3 Å². The summed E-state index contributed by atoms with van der Waals surface area (Å²) >= 11 is 1.33. The van der Waals surface area contributed by atoms with Crippen LogP contribution in [0.1, 0.15) is 36.3 Å². The highest BCUT2D eigenvalue weighted by molar-refractivity contribution is 7.19. The van der Waals surface area contributed by atoms with E-state index in [1.54, 1.807) is 6.92 Å². The molecule has 0 N–H and O–H groups in total. The Balaban J connectivity index is 2.32. The third-order valence-corrected chi connectivity index (χ3v) is 4.67. The highest BCUT2D eigenvalue weighted by Crippen LogP contribution is 2.37. The second-order valence-corrected chi connectivity index (χ2v) is 6.01. The van der Waals surface area contributed by atoms with Crippen LogP contribution in [0.5, 0.6) is 0 Å². The van der Waals surface area contributed by atoms with Crippen molar-refractivity contribution in [2.75, 3.05) is 6.61 Å². The van der Waals surface area contributed by atoms with Crippen molar-refractivity contribution in [1.82, 2.24) is 0 Å². The lowest BCUT2D eigenvalue weighted by molar-refractivity contribution is -0.143. The maximum atomic E-state index is 12.8. The molecular weight excluding hydrogens is 313 g/mol. The molecule has 1 aromatic heterocycles. The molecule has 0 saturated carbocycles. The summed E-state index contributed by atoms with van der Waals surface area (Å²) in [6.07, 6.45) is -2.86. The van der Waals surface area contributed by atoms with Crippen molar-refractivity contribution in [2.45, 2.75) is 39.3 Å². The van der Waals surface area contributed by atoms with Crippen molar-refractivity contribution in [2.24, 2.45) is 0 Å². The van der Waals surface area contributed by atoms with Crippen molar-refractivity contribution < 1.29 is 22.7 Å². The molecule has 0 unspecified atom stereocenters. The summed E-state index contributed by atoms with van der Waals surface area (Å²) in [5.74, 6) is -0.280. The van der Waals surface area contributed by atoms with Crippen LogP contribution in [0.3, 0.4) is 0 Å². The molecule has 0 fully saturated rings. The highest BCUT2D eigenvalue weighted by atomic mass is 32.1. The molecule has 0 bridgehead atoms.